The Labute approximate surface area is 177 Å². The molecule has 4 heterocycles. The maximum atomic E-state index is 13.0. The lowest BCUT2D eigenvalue weighted by molar-refractivity contribution is -0.212. The van der Waals surface area contributed by atoms with E-state index in [1.165, 1.54) is 13.0 Å². The summed E-state index contributed by atoms with van der Waals surface area (Å²) < 4.78 is 78.8. The molecular weight excluding hydrogens is 442 g/mol. The summed E-state index contributed by atoms with van der Waals surface area (Å²) >= 11 is 0. The summed E-state index contributed by atoms with van der Waals surface area (Å²) in [6.07, 6.45) is -6.59. The van der Waals surface area contributed by atoms with Crippen molar-refractivity contribution in [3.05, 3.63) is 53.2 Å². The number of carbonyl (C=O) groups is 1. The van der Waals surface area contributed by atoms with Crippen molar-refractivity contribution in [2.45, 2.75) is 44.8 Å². The van der Waals surface area contributed by atoms with Gasteiger partial charge in [0.2, 0.25) is 0 Å². The third kappa shape index (κ3) is 4.18. The first kappa shape index (κ1) is 21.8. The average Bonchev–Trinajstić information content (AvgIpc) is 3.32. The van der Waals surface area contributed by atoms with Crippen LogP contribution in [0.25, 0.3) is 11.3 Å². The van der Waals surface area contributed by atoms with Crippen LogP contribution in [0.1, 0.15) is 46.3 Å². The highest BCUT2D eigenvalue weighted by Gasteiger charge is 2.35. The van der Waals surface area contributed by atoms with Gasteiger partial charge in [0.15, 0.2) is 0 Å². The fourth-order valence-electron chi connectivity index (χ4n) is 3.56. The Morgan fingerprint density at radius 2 is 1.91 bits per heavy atom. The van der Waals surface area contributed by atoms with Crippen LogP contribution in [0, 0.1) is 6.92 Å². The van der Waals surface area contributed by atoms with E-state index in [-0.39, 0.29) is 27.2 Å². The van der Waals surface area contributed by atoms with Crippen LogP contribution >= 0.6 is 0 Å². The molecule has 0 unspecified atom stereocenters. The molecule has 1 N–H and O–H groups in total. The number of hydrogen-bond donors (Lipinski definition) is 1. The van der Waals surface area contributed by atoms with Gasteiger partial charge in [-0.2, -0.15) is 28.1 Å². The largest absolute Gasteiger partial charge is 0.504 e. The van der Waals surface area contributed by atoms with E-state index in [9.17, 15) is 31.1 Å². The predicted octanol–water partition coefficient (Wildman–Crippen LogP) is 4.21. The van der Waals surface area contributed by atoms with E-state index in [1.54, 1.807) is 10.7 Å². The van der Waals surface area contributed by atoms with Gasteiger partial charge < -0.3 is 5.32 Å². The molecule has 13 heteroatoms. The summed E-state index contributed by atoms with van der Waals surface area (Å²) in [6.45, 7) is 1.78. The third-order valence-electron chi connectivity index (χ3n) is 5.09. The van der Waals surface area contributed by atoms with Crippen LogP contribution in [0.4, 0.5) is 26.3 Å². The summed E-state index contributed by atoms with van der Waals surface area (Å²) in [7, 11) is 0. The second-order valence-corrected chi connectivity index (χ2v) is 7.31. The molecule has 0 saturated carbocycles. The number of nitrogens with one attached hydrogen (secondary N) is 1. The predicted molar refractivity (Wildman–Crippen MR) is 98.2 cm³/mol. The summed E-state index contributed by atoms with van der Waals surface area (Å²) in [6, 6.07) is 3.27. The number of alkyl halides is 6. The molecule has 4 rings (SSSR count). The van der Waals surface area contributed by atoms with Crippen LogP contribution in [-0.4, -0.2) is 30.5 Å². The smallest absolute Gasteiger partial charge is 0.344 e. The molecule has 0 aromatic carbocycles. The van der Waals surface area contributed by atoms with Crippen molar-refractivity contribution in [1.82, 2.24) is 29.9 Å². The number of fused-ring (bicyclic) bond motifs is 1. The summed E-state index contributed by atoms with van der Waals surface area (Å²) in [5.41, 5.74) is -0.324. The Hall–Kier alpha value is -3.38. The normalized spacial score (nSPS) is 16.7. The highest BCUT2D eigenvalue weighted by atomic mass is 19.4. The van der Waals surface area contributed by atoms with E-state index in [0.29, 0.717) is 31.3 Å². The second-order valence-electron chi connectivity index (χ2n) is 7.31. The lowest BCUT2D eigenvalue weighted by Crippen LogP contribution is -2.32. The molecule has 0 fully saturated rings. The maximum Gasteiger partial charge on any atom is 0.504 e. The molecule has 0 bridgehead atoms. The quantitative estimate of drug-likeness (QED) is 0.597. The Morgan fingerprint density at radius 1 is 1.16 bits per heavy atom. The van der Waals surface area contributed by atoms with Crippen molar-refractivity contribution in [2.24, 2.45) is 0 Å². The first-order valence-corrected chi connectivity index (χ1v) is 9.49. The average molecular weight is 458 g/mol. The number of nitrogens with zero attached hydrogens (tertiary/aromatic N) is 5. The van der Waals surface area contributed by atoms with Crippen molar-refractivity contribution < 1.29 is 31.1 Å². The van der Waals surface area contributed by atoms with E-state index in [1.807, 2.05) is 0 Å². The third-order valence-corrected chi connectivity index (χ3v) is 5.09. The van der Waals surface area contributed by atoms with Gasteiger partial charge in [0.05, 0.1) is 28.7 Å². The SMILES string of the molecule is Cc1nn(C(F)(F)F)cc1C(=O)N[C@H]1CCCn2nc(-c3ccnc(C(F)(F)F)c3)cc21. The van der Waals surface area contributed by atoms with E-state index in [2.05, 4.69) is 20.5 Å². The first-order valence-electron chi connectivity index (χ1n) is 9.49. The molecule has 1 atom stereocenters. The number of pyridine rings is 1. The molecule has 1 aliphatic rings. The van der Waals surface area contributed by atoms with Gasteiger partial charge in [-0.05, 0) is 38.0 Å². The van der Waals surface area contributed by atoms with Crippen LogP contribution < -0.4 is 5.32 Å². The summed E-state index contributed by atoms with van der Waals surface area (Å²) in [5, 5.41) is 10.3. The van der Waals surface area contributed by atoms with Gasteiger partial charge >= 0.3 is 12.5 Å². The number of halogens is 6. The molecule has 0 radical (unpaired) electrons. The number of carbonyl (C=O) groups excluding carboxylic acids is 1. The second kappa shape index (κ2) is 7.64. The molecule has 0 spiro atoms. The Balaban J connectivity index is 1.60. The highest BCUT2D eigenvalue weighted by molar-refractivity contribution is 5.95. The zero-order valence-electron chi connectivity index (χ0n) is 16.5. The van der Waals surface area contributed by atoms with Crippen LogP contribution in [-0.2, 0) is 19.0 Å². The molecule has 3 aromatic heterocycles. The lowest BCUT2D eigenvalue weighted by Gasteiger charge is -2.24. The maximum absolute atomic E-state index is 13.0. The van der Waals surface area contributed by atoms with Crippen molar-refractivity contribution >= 4 is 5.91 Å². The van der Waals surface area contributed by atoms with Crippen molar-refractivity contribution in [2.75, 3.05) is 0 Å². The Morgan fingerprint density at radius 3 is 2.56 bits per heavy atom. The van der Waals surface area contributed by atoms with Gasteiger partial charge in [0, 0.05) is 24.5 Å². The van der Waals surface area contributed by atoms with E-state index >= 15 is 0 Å². The van der Waals surface area contributed by atoms with Gasteiger partial charge in [0.1, 0.15) is 5.69 Å². The van der Waals surface area contributed by atoms with Crippen LogP contribution in [0.2, 0.25) is 0 Å². The minimum atomic E-state index is -4.75. The fourth-order valence-corrected chi connectivity index (χ4v) is 3.56. The van der Waals surface area contributed by atoms with Crippen molar-refractivity contribution in [3.8, 4) is 11.3 Å². The number of aromatic nitrogens is 5. The molecule has 170 valence electrons. The van der Waals surface area contributed by atoms with Gasteiger partial charge in [-0.25, -0.2) is 0 Å². The van der Waals surface area contributed by atoms with E-state index in [0.717, 1.165) is 12.3 Å². The van der Waals surface area contributed by atoms with Crippen molar-refractivity contribution in [3.63, 3.8) is 0 Å². The number of hydrogen-bond acceptors (Lipinski definition) is 4. The molecule has 1 amide bonds. The fraction of sp³-hybridized carbons (Fsp3) is 0.368. The van der Waals surface area contributed by atoms with Crippen LogP contribution in [0.15, 0.2) is 30.6 Å². The summed E-state index contributed by atoms with van der Waals surface area (Å²) in [5.74, 6) is -0.734. The Kier molecular flexibility index (Phi) is 5.21. The molecule has 0 aliphatic carbocycles. The van der Waals surface area contributed by atoms with Crippen molar-refractivity contribution in [1.29, 1.82) is 0 Å². The molecule has 32 heavy (non-hydrogen) atoms. The van der Waals surface area contributed by atoms with Crippen LogP contribution in [0.3, 0.4) is 0 Å². The van der Waals surface area contributed by atoms with Gasteiger partial charge in [-0.3, -0.25) is 14.5 Å². The molecule has 3 aromatic rings. The Bertz CT molecular complexity index is 1160. The minimum Gasteiger partial charge on any atom is -0.344 e. The topological polar surface area (TPSA) is 77.6 Å². The first-order chi connectivity index (χ1) is 14.9. The molecular formula is C19H16F6N6O. The zero-order valence-corrected chi connectivity index (χ0v) is 16.5. The zero-order chi connectivity index (χ0) is 23.3. The molecule has 0 saturated heterocycles. The number of rotatable bonds is 3. The minimum absolute atomic E-state index is 0.0821. The van der Waals surface area contributed by atoms with E-state index < -0.39 is 30.1 Å². The molecule has 1 aliphatic heterocycles. The molecule has 7 nitrogen and oxygen atoms in total. The van der Waals surface area contributed by atoms with Gasteiger partial charge in [0.25, 0.3) is 5.91 Å². The monoisotopic (exact) mass is 458 g/mol. The van der Waals surface area contributed by atoms with Crippen LogP contribution in [0.5, 0.6) is 0 Å². The van der Waals surface area contributed by atoms with Gasteiger partial charge in [-0.1, -0.05) is 0 Å². The van der Waals surface area contributed by atoms with E-state index in [4.69, 9.17) is 0 Å². The summed E-state index contributed by atoms with van der Waals surface area (Å²) in [4.78, 5) is 15.9. The highest BCUT2D eigenvalue weighted by Crippen LogP contribution is 2.33. The standard InChI is InChI=1S/C19H16F6N6O/c1-10-12(9-31(28-10)19(23,24)25)17(32)27-13-3-2-6-30-15(13)8-14(29-30)11-4-5-26-16(7-11)18(20,21)22/h4-5,7-9,13H,2-3,6H2,1H3,(H,27,32)/t13-/m0/s1. The lowest BCUT2D eigenvalue weighted by atomic mass is 10.0. The van der Waals surface area contributed by atoms with Gasteiger partial charge in [-0.15, -0.1) is 13.2 Å². The number of amides is 1. The number of aryl methyl sites for hydroxylation is 2.